The summed E-state index contributed by atoms with van der Waals surface area (Å²) in [6.07, 6.45) is 8.30. The Bertz CT molecular complexity index is 500. The largest absolute Gasteiger partial charge is 0.460 e. The predicted molar refractivity (Wildman–Crippen MR) is 75.4 cm³/mol. The Morgan fingerprint density at radius 1 is 1.38 bits per heavy atom. The predicted octanol–water partition coefficient (Wildman–Crippen LogP) is 1.53. The number of aromatic nitrogens is 2. The van der Waals surface area contributed by atoms with Gasteiger partial charge in [0.1, 0.15) is 6.10 Å². The summed E-state index contributed by atoms with van der Waals surface area (Å²) < 4.78 is 7.49. The molecule has 2 heterocycles. The molecule has 6 heteroatoms. The van der Waals surface area contributed by atoms with E-state index in [1.807, 2.05) is 16.9 Å². The van der Waals surface area contributed by atoms with Crippen molar-refractivity contribution in [2.24, 2.45) is 0 Å². The van der Waals surface area contributed by atoms with Crippen molar-refractivity contribution in [1.82, 2.24) is 14.7 Å². The summed E-state index contributed by atoms with van der Waals surface area (Å²) in [5.41, 5.74) is 0. The van der Waals surface area contributed by atoms with E-state index in [4.69, 9.17) is 4.74 Å². The summed E-state index contributed by atoms with van der Waals surface area (Å²) in [6.45, 7) is 1.25. The Labute approximate surface area is 124 Å². The summed E-state index contributed by atoms with van der Waals surface area (Å²) in [6, 6.07) is 2.04. The molecule has 1 saturated heterocycles. The molecule has 1 aromatic heterocycles. The third-order valence-electron chi connectivity index (χ3n) is 4.32. The molecule has 2 fully saturated rings. The van der Waals surface area contributed by atoms with Gasteiger partial charge >= 0.3 is 5.97 Å². The first-order valence-electron chi connectivity index (χ1n) is 7.70. The minimum Gasteiger partial charge on any atom is -0.460 e. The van der Waals surface area contributed by atoms with Crippen LogP contribution in [-0.4, -0.2) is 45.8 Å². The number of carbonyl (C=O) groups is 2. The van der Waals surface area contributed by atoms with Gasteiger partial charge in [0.2, 0.25) is 5.91 Å². The van der Waals surface area contributed by atoms with E-state index >= 15 is 0 Å². The number of esters is 1. The van der Waals surface area contributed by atoms with E-state index in [1.54, 1.807) is 11.1 Å². The topological polar surface area (TPSA) is 64.4 Å². The van der Waals surface area contributed by atoms with Gasteiger partial charge in [-0.2, -0.15) is 5.10 Å². The van der Waals surface area contributed by atoms with E-state index in [2.05, 4.69) is 5.10 Å². The molecule has 2 atom stereocenters. The van der Waals surface area contributed by atoms with Crippen molar-refractivity contribution in [3.63, 3.8) is 0 Å². The van der Waals surface area contributed by atoms with Crippen LogP contribution in [0.4, 0.5) is 0 Å². The van der Waals surface area contributed by atoms with Gasteiger partial charge in [0.15, 0.2) is 0 Å². The zero-order valence-corrected chi connectivity index (χ0v) is 12.1. The van der Waals surface area contributed by atoms with Crippen LogP contribution in [-0.2, 0) is 14.3 Å². The van der Waals surface area contributed by atoms with E-state index in [0.29, 0.717) is 13.0 Å². The molecule has 0 radical (unpaired) electrons. The summed E-state index contributed by atoms with van der Waals surface area (Å²) >= 11 is 0. The van der Waals surface area contributed by atoms with E-state index in [-0.39, 0.29) is 30.4 Å². The Morgan fingerprint density at radius 2 is 2.29 bits per heavy atom. The van der Waals surface area contributed by atoms with Crippen LogP contribution in [0.2, 0.25) is 0 Å². The van der Waals surface area contributed by atoms with Crippen LogP contribution in [0.1, 0.15) is 44.6 Å². The van der Waals surface area contributed by atoms with Crippen molar-refractivity contribution in [2.75, 3.05) is 13.1 Å². The normalized spacial score (nSPS) is 25.5. The van der Waals surface area contributed by atoms with Crippen LogP contribution in [0.3, 0.4) is 0 Å². The number of carbonyl (C=O) groups excluding carboxylic acids is 2. The lowest BCUT2D eigenvalue weighted by atomic mass is 10.2. The van der Waals surface area contributed by atoms with Crippen LogP contribution in [0.25, 0.3) is 0 Å². The maximum atomic E-state index is 12.0. The molecule has 1 amide bonds. The Balaban J connectivity index is 1.49. The van der Waals surface area contributed by atoms with E-state index in [1.165, 1.54) is 0 Å². The number of hydrogen-bond acceptors (Lipinski definition) is 4. The third-order valence-corrected chi connectivity index (χ3v) is 4.32. The second-order valence-corrected chi connectivity index (χ2v) is 5.75. The lowest BCUT2D eigenvalue weighted by Gasteiger charge is -2.21. The standard InChI is InChI=1S/C15H21N3O3/c19-14-6-2-9-17(14)11-7-15(20)21-13-5-1-4-12(13)18-10-3-8-16-18/h3,8,10,12-13H,1-2,4-7,9,11H2/t12-,13-/m1/s1. The zero-order chi connectivity index (χ0) is 14.7. The summed E-state index contributed by atoms with van der Waals surface area (Å²) in [5, 5.41) is 4.25. The third kappa shape index (κ3) is 3.25. The van der Waals surface area contributed by atoms with Gasteiger partial charge in [0, 0.05) is 31.9 Å². The Kier molecular flexibility index (Phi) is 4.22. The monoisotopic (exact) mass is 291 g/mol. The quantitative estimate of drug-likeness (QED) is 0.772. The van der Waals surface area contributed by atoms with Crippen LogP contribution >= 0.6 is 0 Å². The highest BCUT2D eigenvalue weighted by Crippen LogP contribution is 2.32. The summed E-state index contributed by atoms with van der Waals surface area (Å²) in [4.78, 5) is 25.2. The van der Waals surface area contributed by atoms with Crippen LogP contribution in [0.5, 0.6) is 0 Å². The van der Waals surface area contributed by atoms with Crippen molar-refractivity contribution in [3.05, 3.63) is 18.5 Å². The number of nitrogens with zero attached hydrogens (tertiary/aromatic N) is 3. The fraction of sp³-hybridized carbons (Fsp3) is 0.667. The lowest BCUT2D eigenvalue weighted by molar-refractivity contribution is -0.151. The molecule has 0 unspecified atom stereocenters. The van der Waals surface area contributed by atoms with Crippen molar-refractivity contribution in [1.29, 1.82) is 0 Å². The molecule has 0 aromatic carbocycles. The second kappa shape index (κ2) is 6.28. The molecule has 21 heavy (non-hydrogen) atoms. The zero-order valence-electron chi connectivity index (χ0n) is 12.1. The van der Waals surface area contributed by atoms with Crippen LogP contribution < -0.4 is 0 Å². The first kappa shape index (κ1) is 14.1. The first-order valence-corrected chi connectivity index (χ1v) is 7.70. The number of hydrogen-bond donors (Lipinski definition) is 0. The number of ether oxygens (including phenoxy) is 1. The van der Waals surface area contributed by atoms with Crippen LogP contribution in [0, 0.1) is 0 Å². The Hall–Kier alpha value is -1.85. The molecule has 1 aliphatic carbocycles. The average Bonchev–Trinajstić information content (AvgIpc) is 3.17. The molecule has 6 nitrogen and oxygen atoms in total. The fourth-order valence-corrected chi connectivity index (χ4v) is 3.22. The molecular weight excluding hydrogens is 270 g/mol. The van der Waals surface area contributed by atoms with Crippen molar-refractivity contribution in [3.8, 4) is 0 Å². The molecule has 1 aliphatic heterocycles. The van der Waals surface area contributed by atoms with Gasteiger partial charge in [-0.15, -0.1) is 0 Å². The molecule has 1 saturated carbocycles. The maximum Gasteiger partial charge on any atom is 0.307 e. The van der Waals surface area contributed by atoms with Gasteiger partial charge in [-0.25, -0.2) is 0 Å². The number of likely N-dealkylation sites (tertiary alicyclic amines) is 1. The van der Waals surface area contributed by atoms with Gasteiger partial charge in [-0.3, -0.25) is 14.3 Å². The van der Waals surface area contributed by atoms with Gasteiger partial charge < -0.3 is 9.64 Å². The minimum atomic E-state index is -0.209. The Morgan fingerprint density at radius 3 is 3.00 bits per heavy atom. The smallest absolute Gasteiger partial charge is 0.307 e. The fourth-order valence-electron chi connectivity index (χ4n) is 3.22. The molecule has 114 valence electrons. The summed E-state index contributed by atoms with van der Waals surface area (Å²) in [7, 11) is 0. The average molecular weight is 291 g/mol. The highest BCUT2D eigenvalue weighted by Gasteiger charge is 2.32. The van der Waals surface area contributed by atoms with Gasteiger partial charge in [0.25, 0.3) is 0 Å². The van der Waals surface area contributed by atoms with Crippen molar-refractivity contribution >= 4 is 11.9 Å². The van der Waals surface area contributed by atoms with Gasteiger partial charge in [0.05, 0.1) is 12.5 Å². The highest BCUT2D eigenvalue weighted by atomic mass is 16.5. The molecule has 3 rings (SSSR count). The van der Waals surface area contributed by atoms with Gasteiger partial charge in [-0.1, -0.05) is 0 Å². The highest BCUT2D eigenvalue weighted by molar-refractivity contribution is 5.79. The molecular formula is C15H21N3O3. The first-order chi connectivity index (χ1) is 10.2. The maximum absolute atomic E-state index is 12.0. The van der Waals surface area contributed by atoms with E-state index < -0.39 is 0 Å². The van der Waals surface area contributed by atoms with Crippen molar-refractivity contribution in [2.45, 2.75) is 50.7 Å². The molecule has 2 aliphatic rings. The second-order valence-electron chi connectivity index (χ2n) is 5.75. The number of amides is 1. The molecule has 1 aromatic rings. The molecule has 0 N–H and O–H groups in total. The molecule has 0 spiro atoms. The minimum absolute atomic E-state index is 0.0910. The van der Waals surface area contributed by atoms with Gasteiger partial charge in [-0.05, 0) is 31.7 Å². The summed E-state index contributed by atoms with van der Waals surface area (Å²) in [5.74, 6) is -0.0585. The number of rotatable bonds is 5. The molecule has 0 bridgehead atoms. The van der Waals surface area contributed by atoms with E-state index in [0.717, 1.165) is 32.2 Å². The SMILES string of the molecule is O=C(CCN1CCCC1=O)O[C@@H]1CCC[C@H]1n1cccn1. The van der Waals surface area contributed by atoms with E-state index in [9.17, 15) is 9.59 Å². The van der Waals surface area contributed by atoms with Crippen molar-refractivity contribution < 1.29 is 14.3 Å². The van der Waals surface area contributed by atoms with Crippen LogP contribution in [0.15, 0.2) is 18.5 Å². The lowest BCUT2D eigenvalue weighted by Crippen LogP contribution is -2.30.